The molecule has 0 saturated carbocycles. The van der Waals surface area contributed by atoms with Crippen molar-refractivity contribution in [1.82, 2.24) is 25.4 Å². The molecule has 0 aromatic carbocycles. The maximum absolute atomic E-state index is 12.1. The van der Waals surface area contributed by atoms with Crippen LogP contribution in [-0.4, -0.2) is 54.2 Å². The minimum atomic E-state index is -0.0711. The van der Waals surface area contributed by atoms with Gasteiger partial charge in [-0.2, -0.15) is 15.0 Å². The van der Waals surface area contributed by atoms with Gasteiger partial charge in [-0.1, -0.05) is 5.16 Å². The van der Waals surface area contributed by atoms with Crippen LogP contribution in [0.25, 0.3) is 0 Å². The van der Waals surface area contributed by atoms with Gasteiger partial charge in [0.25, 0.3) is 0 Å². The molecule has 0 bridgehead atoms. The molecule has 0 saturated heterocycles. The van der Waals surface area contributed by atoms with Gasteiger partial charge in [0.05, 0.1) is 12.2 Å². The smallest absolute Gasteiger partial charge is 0.229 e. The van der Waals surface area contributed by atoms with Crippen molar-refractivity contribution in [2.24, 2.45) is 0 Å². The summed E-state index contributed by atoms with van der Waals surface area (Å²) in [6, 6.07) is 0. The molecule has 25 heavy (non-hydrogen) atoms. The summed E-state index contributed by atoms with van der Waals surface area (Å²) >= 11 is 0. The Bertz CT molecular complexity index is 694. The number of carbonyl (C=O) groups excluding carboxylic acids is 1. The van der Waals surface area contributed by atoms with E-state index in [1.807, 2.05) is 42.0 Å². The second kappa shape index (κ2) is 7.91. The highest BCUT2D eigenvalue weighted by molar-refractivity contribution is 5.76. The Morgan fingerprint density at radius 3 is 2.12 bits per heavy atom. The van der Waals surface area contributed by atoms with Crippen LogP contribution in [0.2, 0.25) is 0 Å². The molecule has 1 N–H and O–H groups in total. The standard InChI is InChI=1S/C16H25N7O2/c1-10-12(11(2)25-21-10)7-8-14(24)17-9-13-18-15(22(3)4)20-16(19-13)23(5)6/h7-9H2,1-6H3,(H,17,24). The number of hydrogen-bond acceptors (Lipinski definition) is 8. The average molecular weight is 347 g/mol. The first kappa shape index (κ1) is 18.6. The van der Waals surface area contributed by atoms with E-state index < -0.39 is 0 Å². The van der Waals surface area contributed by atoms with Crippen molar-refractivity contribution in [3.8, 4) is 0 Å². The predicted molar refractivity (Wildman–Crippen MR) is 94.6 cm³/mol. The number of nitrogens with one attached hydrogen (secondary N) is 1. The molecule has 0 unspecified atom stereocenters. The highest BCUT2D eigenvalue weighted by Crippen LogP contribution is 2.14. The second-order valence-corrected chi connectivity index (χ2v) is 6.22. The van der Waals surface area contributed by atoms with Crippen LogP contribution < -0.4 is 15.1 Å². The Balaban J connectivity index is 1.97. The van der Waals surface area contributed by atoms with Gasteiger partial charge in [-0.15, -0.1) is 0 Å². The summed E-state index contributed by atoms with van der Waals surface area (Å²) in [7, 11) is 7.45. The molecule has 2 heterocycles. The topological polar surface area (TPSA) is 100 Å². The van der Waals surface area contributed by atoms with Crippen LogP contribution >= 0.6 is 0 Å². The molecule has 2 aromatic heterocycles. The summed E-state index contributed by atoms with van der Waals surface area (Å²) in [5.74, 6) is 2.32. The summed E-state index contributed by atoms with van der Waals surface area (Å²) in [4.78, 5) is 28.8. The van der Waals surface area contributed by atoms with E-state index in [0.717, 1.165) is 17.0 Å². The van der Waals surface area contributed by atoms with Crippen LogP contribution in [0.1, 0.15) is 29.3 Å². The Kier molecular flexibility index (Phi) is 5.89. The fourth-order valence-electron chi connectivity index (χ4n) is 2.24. The molecule has 2 rings (SSSR count). The molecule has 0 spiro atoms. The van der Waals surface area contributed by atoms with Crippen LogP contribution in [-0.2, 0) is 17.8 Å². The van der Waals surface area contributed by atoms with Crippen LogP contribution in [0.5, 0.6) is 0 Å². The number of aryl methyl sites for hydroxylation is 2. The minimum absolute atomic E-state index is 0.0711. The summed E-state index contributed by atoms with van der Waals surface area (Å²) in [6.07, 6.45) is 0.950. The summed E-state index contributed by atoms with van der Waals surface area (Å²) < 4.78 is 5.11. The van der Waals surface area contributed by atoms with Gasteiger partial charge < -0.3 is 19.6 Å². The number of rotatable bonds is 7. The molecule has 0 fully saturated rings. The lowest BCUT2D eigenvalue weighted by Crippen LogP contribution is -2.26. The Labute approximate surface area is 147 Å². The first-order valence-corrected chi connectivity index (χ1v) is 8.06. The third kappa shape index (κ3) is 4.88. The predicted octanol–water partition coefficient (Wildman–Crippen LogP) is 0.857. The average Bonchev–Trinajstić information content (AvgIpc) is 2.89. The maximum atomic E-state index is 12.1. The highest BCUT2D eigenvalue weighted by atomic mass is 16.5. The van der Waals surface area contributed by atoms with Crippen LogP contribution in [0.15, 0.2) is 4.52 Å². The number of aromatic nitrogens is 4. The molecule has 0 radical (unpaired) electrons. The molecule has 1 amide bonds. The van der Waals surface area contributed by atoms with E-state index in [0.29, 0.717) is 30.6 Å². The summed E-state index contributed by atoms with van der Waals surface area (Å²) in [5.41, 5.74) is 1.81. The Hall–Kier alpha value is -2.71. The van der Waals surface area contributed by atoms with Crippen molar-refractivity contribution in [2.75, 3.05) is 38.0 Å². The van der Waals surface area contributed by atoms with E-state index in [1.165, 1.54) is 0 Å². The van der Waals surface area contributed by atoms with Gasteiger partial charge in [-0.3, -0.25) is 4.79 Å². The molecule has 9 heteroatoms. The first-order chi connectivity index (χ1) is 11.8. The van der Waals surface area contributed by atoms with E-state index >= 15 is 0 Å². The van der Waals surface area contributed by atoms with Crippen LogP contribution in [0.4, 0.5) is 11.9 Å². The molecule has 0 aliphatic heterocycles. The zero-order valence-corrected chi connectivity index (χ0v) is 15.6. The van der Waals surface area contributed by atoms with Crippen molar-refractivity contribution in [3.05, 3.63) is 22.8 Å². The van der Waals surface area contributed by atoms with Gasteiger partial charge in [-0.25, -0.2) is 0 Å². The fourth-order valence-corrected chi connectivity index (χ4v) is 2.24. The van der Waals surface area contributed by atoms with Gasteiger partial charge >= 0.3 is 0 Å². The third-order valence-electron chi connectivity index (χ3n) is 3.69. The Morgan fingerprint density at radius 2 is 1.64 bits per heavy atom. The summed E-state index contributed by atoms with van der Waals surface area (Å²) in [6.45, 7) is 3.98. The fraction of sp³-hybridized carbons (Fsp3) is 0.562. The lowest BCUT2D eigenvalue weighted by molar-refractivity contribution is -0.121. The second-order valence-electron chi connectivity index (χ2n) is 6.22. The number of nitrogens with zero attached hydrogens (tertiary/aromatic N) is 6. The molecule has 0 aliphatic rings. The van der Waals surface area contributed by atoms with Crippen LogP contribution in [0.3, 0.4) is 0 Å². The molecule has 0 atom stereocenters. The highest BCUT2D eigenvalue weighted by Gasteiger charge is 2.13. The van der Waals surface area contributed by atoms with Crippen molar-refractivity contribution in [1.29, 1.82) is 0 Å². The first-order valence-electron chi connectivity index (χ1n) is 8.06. The molecule has 0 aliphatic carbocycles. The van der Waals surface area contributed by atoms with Crippen molar-refractivity contribution < 1.29 is 9.32 Å². The number of carbonyl (C=O) groups is 1. The largest absolute Gasteiger partial charge is 0.361 e. The SMILES string of the molecule is Cc1noc(C)c1CCC(=O)NCc1nc(N(C)C)nc(N(C)C)n1. The van der Waals surface area contributed by atoms with E-state index in [2.05, 4.69) is 25.4 Å². The van der Waals surface area contributed by atoms with Gasteiger partial charge in [0.2, 0.25) is 17.8 Å². The molecular weight excluding hydrogens is 322 g/mol. The van der Waals surface area contributed by atoms with E-state index in [4.69, 9.17) is 4.52 Å². The van der Waals surface area contributed by atoms with Crippen molar-refractivity contribution >= 4 is 17.8 Å². The van der Waals surface area contributed by atoms with E-state index in [9.17, 15) is 4.79 Å². The third-order valence-corrected chi connectivity index (χ3v) is 3.69. The number of amides is 1. The number of anilines is 2. The maximum Gasteiger partial charge on any atom is 0.229 e. The number of hydrogen-bond donors (Lipinski definition) is 1. The van der Waals surface area contributed by atoms with Gasteiger partial charge in [0.1, 0.15) is 5.76 Å². The van der Waals surface area contributed by atoms with Crippen molar-refractivity contribution in [3.63, 3.8) is 0 Å². The lowest BCUT2D eigenvalue weighted by atomic mass is 10.1. The molecule has 136 valence electrons. The minimum Gasteiger partial charge on any atom is -0.361 e. The quantitative estimate of drug-likeness (QED) is 0.787. The van der Waals surface area contributed by atoms with Gasteiger partial charge in [0, 0.05) is 40.2 Å². The van der Waals surface area contributed by atoms with Gasteiger partial charge in [-0.05, 0) is 20.3 Å². The molecule has 9 nitrogen and oxygen atoms in total. The lowest BCUT2D eigenvalue weighted by Gasteiger charge is -2.16. The monoisotopic (exact) mass is 347 g/mol. The zero-order valence-electron chi connectivity index (χ0n) is 15.6. The normalized spacial score (nSPS) is 10.6. The molecule has 2 aromatic rings. The van der Waals surface area contributed by atoms with E-state index in [-0.39, 0.29) is 12.5 Å². The van der Waals surface area contributed by atoms with Crippen molar-refractivity contribution in [2.45, 2.75) is 33.2 Å². The zero-order chi connectivity index (χ0) is 18.6. The Morgan fingerprint density at radius 1 is 1.04 bits per heavy atom. The summed E-state index contributed by atoms with van der Waals surface area (Å²) in [5, 5.41) is 6.75. The van der Waals surface area contributed by atoms with Gasteiger partial charge in [0.15, 0.2) is 5.82 Å². The van der Waals surface area contributed by atoms with E-state index in [1.54, 1.807) is 9.80 Å². The molecular formula is C16H25N7O2. The van der Waals surface area contributed by atoms with Crippen LogP contribution in [0, 0.1) is 13.8 Å².